The van der Waals surface area contributed by atoms with Gasteiger partial charge in [-0.15, -0.1) is 0 Å². The zero-order valence-corrected chi connectivity index (χ0v) is 19.9. The smallest absolute Gasteiger partial charge is 0.331 e. The lowest BCUT2D eigenvalue weighted by Gasteiger charge is -2.41. The molecule has 8 heteroatoms. The Kier molecular flexibility index (Phi) is 7.77. The van der Waals surface area contributed by atoms with E-state index in [2.05, 4.69) is 18.7 Å². The molecule has 1 unspecified atom stereocenters. The Balaban J connectivity index is 2.16. The molecule has 1 aliphatic rings. The molecule has 0 saturated heterocycles. The molecule has 6 nitrogen and oxygen atoms in total. The molecule has 32 heavy (non-hydrogen) atoms. The van der Waals surface area contributed by atoms with Crippen molar-refractivity contribution < 1.29 is 23.7 Å². The first-order valence-electron chi connectivity index (χ1n) is 10.7. The number of nitrogens with zero attached hydrogens (tertiary/aromatic N) is 1. The second-order valence-electron chi connectivity index (χ2n) is 8.20. The summed E-state index contributed by atoms with van der Waals surface area (Å²) in [6.45, 7) is 4.87. The number of halogens is 1. The number of aliphatic carboxylic acids is 1. The van der Waals surface area contributed by atoms with E-state index in [1.54, 1.807) is 6.07 Å². The summed E-state index contributed by atoms with van der Waals surface area (Å²) in [6.07, 6.45) is 5.58. The Hall–Kier alpha value is -2.19. The Bertz CT molecular complexity index is 982. The summed E-state index contributed by atoms with van der Waals surface area (Å²) in [6, 6.07) is 13.0. The van der Waals surface area contributed by atoms with Gasteiger partial charge in [-0.3, -0.25) is 9.11 Å². The number of ether oxygens (including phenoxy) is 1. The Morgan fingerprint density at radius 1 is 1.25 bits per heavy atom. The largest absolute Gasteiger partial charge is 0.478 e. The summed E-state index contributed by atoms with van der Waals surface area (Å²) in [5, 5.41) is 9.06. The average Bonchev–Trinajstić information content (AvgIpc) is 2.85. The molecule has 0 spiro atoms. The van der Waals surface area contributed by atoms with Crippen LogP contribution in [-0.4, -0.2) is 32.5 Å². The first-order chi connectivity index (χ1) is 15.2. The zero-order valence-electron chi connectivity index (χ0n) is 18.3. The third kappa shape index (κ3) is 5.41. The minimum Gasteiger partial charge on any atom is -0.478 e. The monoisotopic (exact) mass is 479 g/mol. The molecule has 174 valence electrons. The molecule has 2 aromatic rings. The topological polar surface area (TPSA) is 90.2 Å². The first kappa shape index (κ1) is 24.5. The average molecular weight is 480 g/mol. The van der Waals surface area contributed by atoms with Gasteiger partial charge >= 0.3 is 5.97 Å². The number of carbonyl (C=O) groups is 1. The molecule has 0 radical (unpaired) electrons. The van der Waals surface area contributed by atoms with Crippen LogP contribution >= 0.6 is 22.2 Å². The highest BCUT2D eigenvalue weighted by Gasteiger charge is 2.42. The van der Waals surface area contributed by atoms with Crippen LogP contribution < -0.4 is 9.64 Å². The normalized spacial score (nSPS) is 21.1. The minimum absolute atomic E-state index is 0.175. The molecule has 1 atom stereocenters. The highest BCUT2D eigenvalue weighted by atomic mass is 35.5. The lowest BCUT2D eigenvalue weighted by atomic mass is 9.81. The lowest BCUT2D eigenvalue weighted by Crippen LogP contribution is -2.37. The van der Waals surface area contributed by atoms with Crippen LogP contribution in [0.25, 0.3) is 0 Å². The summed E-state index contributed by atoms with van der Waals surface area (Å²) in [4.78, 5) is 13.2. The van der Waals surface area contributed by atoms with Gasteiger partial charge in [-0.05, 0) is 31.0 Å². The summed E-state index contributed by atoms with van der Waals surface area (Å²) < 4.78 is 28.1. The van der Waals surface area contributed by atoms with E-state index >= 15 is 0 Å². The predicted octanol–water partition coefficient (Wildman–Crippen LogP) is 7.16. The molecule has 3 rings (SSSR count). The fourth-order valence-corrected chi connectivity index (χ4v) is 6.61. The number of anilines is 2. The van der Waals surface area contributed by atoms with E-state index in [0.717, 1.165) is 43.7 Å². The van der Waals surface area contributed by atoms with E-state index in [-0.39, 0.29) is 21.9 Å². The zero-order chi connectivity index (χ0) is 23.4. The minimum atomic E-state index is -3.17. The van der Waals surface area contributed by atoms with E-state index < -0.39 is 16.6 Å². The van der Waals surface area contributed by atoms with Gasteiger partial charge in [-0.25, -0.2) is 4.79 Å². The number of fused-ring (bicyclic) bond motifs is 1. The molecule has 0 aromatic heterocycles. The van der Waals surface area contributed by atoms with Crippen molar-refractivity contribution in [2.75, 3.05) is 17.2 Å². The highest BCUT2D eigenvalue weighted by Crippen LogP contribution is 2.61. The molecule has 0 amide bonds. The summed E-state index contributed by atoms with van der Waals surface area (Å²) >= 11 is 6.48. The van der Waals surface area contributed by atoms with E-state index in [1.807, 2.05) is 30.3 Å². The molecule has 2 aromatic carbocycles. The Labute approximate surface area is 195 Å². The van der Waals surface area contributed by atoms with Crippen LogP contribution in [0.15, 0.2) is 59.7 Å². The maximum atomic E-state index is 11.4. The molecule has 0 aliphatic carbocycles. The molecular formula is C24H30ClNO5S. The van der Waals surface area contributed by atoms with Gasteiger partial charge in [-0.2, -0.15) is 10.6 Å². The molecule has 0 saturated carbocycles. The van der Waals surface area contributed by atoms with Crippen LogP contribution in [0.3, 0.4) is 0 Å². The van der Waals surface area contributed by atoms with E-state index in [9.17, 15) is 13.9 Å². The second-order valence-corrected chi connectivity index (χ2v) is 10.7. The van der Waals surface area contributed by atoms with Crippen molar-refractivity contribution in [1.82, 2.24) is 0 Å². The van der Waals surface area contributed by atoms with Gasteiger partial charge in [-0.1, -0.05) is 56.5 Å². The van der Waals surface area contributed by atoms with Crippen LogP contribution in [0, 0.1) is 5.41 Å². The van der Waals surface area contributed by atoms with Gasteiger partial charge in [0.25, 0.3) is 0 Å². The SMILES string of the molecule is CCCCC1(CC)CN(c2ccccc2)c2cc(Cl)c(O/C=C/C(=O)O)cc2S(O)(O)C1. The highest BCUT2D eigenvalue weighted by molar-refractivity contribution is 8.24. The van der Waals surface area contributed by atoms with Gasteiger partial charge in [0.1, 0.15) is 5.75 Å². The number of unbranched alkanes of at least 4 members (excludes halogenated alkanes) is 1. The maximum Gasteiger partial charge on any atom is 0.331 e. The number of carboxylic acids is 1. The molecular weight excluding hydrogens is 450 g/mol. The van der Waals surface area contributed by atoms with Crippen LogP contribution in [0.2, 0.25) is 5.02 Å². The molecule has 1 aliphatic heterocycles. The fourth-order valence-electron chi connectivity index (χ4n) is 4.16. The van der Waals surface area contributed by atoms with Gasteiger partial charge in [0, 0.05) is 29.5 Å². The first-order valence-corrected chi connectivity index (χ1v) is 12.8. The standard InChI is InChI=1S/C24H30ClNO5S/c1-3-5-12-24(4-2)16-26(18-9-7-6-8-10-18)20-14-19(25)21(31-13-11-23(27)28)15-22(20)32(29,30)17-24/h6-11,13-15,29-30H,3-5,12,16-17H2,1-2H3,(H,27,28)/b13-11+. The van der Waals surface area contributed by atoms with Crippen LogP contribution in [-0.2, 0) is 4.79 Å². The molecule has 1 heterocycles. The third-order valence-corrected chi connectivity index (χ3v) is 8.28. The lowest BCUT2D eigenvalue weighted by molar-refractivity contribution is -0.131. The van der Waals surface area contributed by atoms with E-state index in [1.165, 1.54) is 6.07 Å². The van der Waals surface area contributed by atoms with Crippen LogP contribution in [0.4, 0.5) is 11.4 Å². The summed E-state index contributed by atoms with van der Waals surface area (Å²) in [7, 11) is -3.17. The van der Waals surface area contributed by atoms with Gasteiger partial charge in [0.15, 0.2) is 0 Å². The van der Waals surface area contributed by atoms with Gasteiger partial charge < -0.3 is 14.7 Å². The molecule has 3 N–H and O–H groups in total. The number of para-hydroxylation sites is 1. The van der Waals surface area contributed by atoms with E-state index in [4.69, 9.17) is 21.4 Å². The number of benzene rings is 2. The van der Waals surface area contributed by atoms with Gasteiger partial charge in [0.05, 0.1) is 27.9 Å². The summed E-state index contributed by atoms with van der Waals surface area (Å²) in [5.41, 5.74) is 1.28. The Morgan fingerprint density at radius 2 is 1.97 bits per heavy atom. The summed E-state index contributed by atoms with van der Waals surface area (Å²) in [5.74, 6) is -0.730. The van der Waals surface area contributed by atoms with Crippen molar-refractivity contribution in [2.24, 2.45) is 5.41 Å². The Morgan fingerprint density at radius 3 is 2.59 bits per heavy atom. The quantitative estimate of drug-likeness (QED) is 0.275. The molecule has 0 fully saturated rings. The van der Waals surface area contributed by atoms with Crippen molar-refractivity contribution in [2.45, 2.75) is 44.4 Å². The van der Waals surface area contributed by atoms with Crippen molar-refractivity contribution in [3.05, 3.63) is 59.8 Å². The van der Waals surface area contributed by atoms with Crippen molar-refractivity contribution in [3.63, 3.8) is 0 Å². The fraction of sp³-hybridized carbons (Fsp3) is 0.375. The van der Waals surface area contributed by atoms with Crippen LogP contribution in [0.1, 0.15) is 39.5 Å². The van der Waals surface area contributed by atoms with Crippen molar-refractivity contribution in [3.8, 4) is 5.75 Å². The molecule has 0 bridgehead atoms. The predicted molar refractivity (Wildman–Crippen MR) is 131 cm³/mol. The van der Waals surface area contributed by atoms with Crippen molar-refractivity contribution >= 4 is 39.5 Å². The van der Waals surface area contributed by atoms with E-state index in [0.29, 0.717) is 17.1 Å². The third-order valence-electron chi connectivity index (χ3n) is 5.94. The maximum absolute atomic E-state index is 11.4. The van der Waals surface area contributed by atoms with Gasteiger partial charge in [0.2, 0.25) is 0 Å². The van der Waals surface area contributed by atoms with Crippen LogP contribution in [0.5, 0.6) is 5.75 Å². The number of hydrogen-bond donors (Lipinski definition) is 3. The number of carboxylic acid groups (broad SMARTS) is 1. The van der Waals surface area contributed by atoms with Crippen molar-refractivity contribution in [1.29, 1.82) is 0 Å². The number of rotatable bonds is 8. The second kappa shape index (κ2) is 10.2. The number of hydrogen-bond acceptors (Lipinski definition) is 5.